The lowest BCUT2D eigenvalue weighted by atomic mass is 10.2. The summed E-state index contributed by atoms with van der Waals surface area (Å²) < 4.78 is 0. The number of nitrogens with zero attached hydrogens (tertiary/aromatic N) is 1. The largest absolute Gasteiger partial charge is 0.356 e. The second-order valence-corrected chi connectivity index (χ2v) is 3.74. The zero-order valence-electron chi connectivity index (χ0n) is 9.49. The first-order chi connectivity index (χ1) is 7.40. The van der Waals surface area contributed by atoms with E-state index in [9.17, 15) is 0 Å². The van der Waals surface area contributed by atoms with E-state index in [0.717, 1.165) is 23.5 Å². The van der Waals surface area contributed by atoms with Gasteiger partial charge in [-0.3, -0.25) is 0 Å². The van der Waals surface area contributed by atoms with Crippen molar-refractivity contribution in [1.82, 2.24) is 9.97 Å². The van der Waals surface area contributed by atoms with Gasteiger partial charge in [0.1, 0.15) is 0 Å². The average molecular weight is 240 g/mol. The zero-order chi connectivity index (χ0) is 10.5. The van der Waals surface area contributed by atoms with Crippen molar-refractivity contribution in [3.63, 3.8) is 0 Å². The number of hydrogen-bond acceptors (Lipinski definition) is 2. The normalized spacial score (nSPS) is 10.1. The number of fused-ring (bicyclic) bond motifs is 1. The number of aromatic nitrogens is 2. The molecular formula is C12H18ClN3. The number of anilines is 1. The van der Waals surface area contributed by atoms with E-state index in [1.807, 2.05) is 24.3 Å². The Kier molecular flexibility index (Phi) is 5.12. The summed E-state index contributed by atoms with van der Waals surface area (Å²) in [5.74, 6) is 0.882. The smallest absolute Gasteiger partial charge is 0.201 e. The van der Waals surface area contributed by atoms with Gasteiger partial charge in [-0.1, -0.05) is 31.9 Å². The van der Waals surface area contributed by atoms with Crippen LogP contribution in [0.15, 0.2) is 24.3 Å². The van der Waals surface area contributed by atoms with Crippen molar-refractivity contribution in [3.8, 4) is 0 Å². The Balaban J connectivity index is 0.00000128. The summed E-state index contributed by atoms with van der Waals surface area (Å²) in [4.78, 5) is 7.69. The third kappa shape index (κ3) is 3.14. The minimum absolute atomic E-state index is 0. The van der Waals surface area contributed by atoms with Gasteiger partial charge < -0.3 is 10.3 Å². The van der Waals surface area contributed by atoms with E-state index in [2.05, 4.69) is 22.2 Å². The van der Waals surface area contributed by atoms with Gasteiger partial charge in [-0.25, -0.2) is 4.98 Å². The zero-order valence-corrected chi connectivity index (χ0v) is 10.3. The summed E-state index contributed by atoms with van der Waals surface area (Å²) in [5.41, 5.74) is 2.12. The summed E-state index contributed by atoms with van der Waals surface area (Å²) in [6.45, 7) is 3.20. The fourth-order valence-electron chi connectivity index (χ4n) is 1.62. The second-order valence-electron chi connectivity index (χ2n) is 3.74. The predicted molar refractivity (Wildman–Crippen MR) is 71.4 cm³/mol. The minimum atomic E-state index is 0. The highest BCUT2D eigenvalue weighted by molar-refractivity contribution is 5.85. The molecule has 0 unspecified atom stereocenters. The van der Waals surface area contributed by atoms with Crippen molar-refractivity contribution < 1.29 is 0 Å². The number of halogens is 1. The highest BCUT2D eigenvalue weighted by Crippen LogP contribution is 2.13. The van der Waals surface area contributed by atoms with Crippen LogP contribution < -0.4 is 5.32 Å². The molecule has 0 radical (unpaired) electrons. The molecule has 16 heavy (non-hydrogen) atoms. The van der Waals surface area contributed by atoms with E-state index >= 15 is 0 Å². The Bertz CT molecular complexity index is 392. The van der Waals surface area contributed by atoms with Crippen molar-refractivity contribution in [3.05, 3.63) is 24.3 Å². The van der Waals surface area contributed by atoms with E-state index in [0.29, 0.717) is 0 Å². The monoisotopic (exact) mass is 239 g/mol. The molecule has 0 fully saturated rings. The quantitative estimate of drug-likeness (QED) is 0.783. The Labute approximate surface area is 102 Å². The van der Waals surface area contributed by atoms with Crippen LogP contribution >= 0.6 is 12.4 Å². The van der Waals surface area contributed by atoms with Gasteiger partial charge in [-0.15, -0.1) is 12.4 Å². The Morgan fingerprint density at radius 1 is 1.25 bits per heavy atom. The number of rotatable bonds is 5. The standard InChI is InChI=1S/C12H17N3.ClH/c1-2-3-6-9-13-12-14-10-7-4-5-8-11(10)15-12;/h4-5,7-8H,2-3,6,9H2,1H3,(H2,13,14,15);1H. The Hall–Kier alpha value is -1.22. The first kappa shape index (κ1) is 12.8. The molecule has 1 aromatic heterocycles. The summed E-state index contributed by atoms with van der Waals surface area (Å²) >= 11 is 0. The third-order valence-corrected chi connectivity index (χ3v) is 2.46. The molecule has 2 aromatic rings. The van der Waals surface area contributed by atoms with E-state index in [1.54, 1.807) is 0 Å². The third-order valence-electron chi connectivity index (χ3n) is 2.46. The number of para-hydroxylation sites is 2. The first-order valence-electron chi connectivity index (χ1n) is 5.59. The van der Waals surface area contributed by atoms with Crippen LogP contribution in [0.2, 0.25) is 0 Å². The Morgan fingerprint density at radius 3 is 2.81 bits per heavy atom. The molecule has 0 amide bonds. The molecular weight excluding hydrogens is 222 g/mol. The lowest BCUT2D eigenvalue weighted by Gasteiger charge is -2.00. The van der Waals surface area contributed by atoms with Crippen molar-refractivity contribution in [1.29, 1.82) is 0 Å². The number of hydrogen-bond donors (Lipinski definition) is 2. The van der Waals surface area contributed by atoms with Gasteiger partial charge in [-0.05, 0) is 18.6 Å². The number of benzene rings is 1. The molecule has 0 aliphatic heterocycles. The number of aromatic amines is 1. The van der Waals surface area contributed by atoms with Crippen LogP contribution in [-0.4, -0.2) is 16.5 Å². The molecule has 0 spiro atoms. The van der Waals surface area contributed by atoms with E-state index in [4.69, 9.17) is 0 Å². The van der Waals surface area contributed by atoms with Crippen molar-refractivity contribution in [2.45, 2.75) is 26.2 Å². The number of imidazole rings is 1. The number of unbranched alkanes of at least 4 members (excludes halogenated alkanes) is 2. The fourth-order valence-corrected chi connectivity index (χ4v) is 1.62. The molecule has 2 rings (SSSR count). The topological polar surface area (TPSA) is 40.7 Å². The maximum Gasteiger partial charge on any atom is 0.201 e. The molecule has 1 aromatic carbocycles. The van der Waals surface area contributed by atoms with Gasteiger partial charge in [0.05, 0.1) is 11.0 Å². The summed E-state index contributed by atoms with van der Waals surface area (Å²) in [6, 6.07) is 8.08. The van der Waals surface area contributed by atoms with E-state index in [-0.39, 0.29) is 12.4 Å². The van der Waals surface area contributed by atoms with Crippen LogP contribution in [0.25, 0.3) is 11.0 Å². The average Bonchev–Trinajstić information content (AvgIpc) is 2.67. The van der Waals surface area contributed by atoms with E-state index in [1.165, 1.54) is 19.3 Å². The molecule has 0 aliphatic rings. The van der Waals surface area contributed by atoms with Gasteiger partial charge in [-0.2, -0.15) is 0 Å². The summed E-state index contributed by atoms with van der Waals surface area (Å²) in [6.07, 6.45) is 3.72. The molecule has 2 N–H and O–H groups in total. The first-order valence-corrected chi connectivity index (χ1v) is 5.59. The molecule has 88 valence electrons. The molecule has 0 saturated carbocycles. The van der Waals surface area contributed by atoms with Gasteiger partial charge in [0.2, 0.25) is 5.95 Å². The lowest BCUT2D eigenvalue weighted by Crippen LogP contribution is -2.02. The molecule has 4 heteroatoms. The second kappa shape index (κ2) is 6.38. The maximum atomic E-state index is 4.44. The van der Waals surface area contributed by atoms with Crippen LogP contribution in [0.1, 0.15) is 26.2 Å². The van der Waals surface area contributed by atoms with Crippen LogP contribution in [-0.2, 0) is 0 Å². The molecule has 0 atom stereocenters. The van der Waals surface area contributed by atoms with Crippen LogP contribution in [0.3, 0.4) is 0 Å². The molecule has 0 bridgehead atoms. The highest BCUT2D eigenvalue weighted by atomic mass is 35.5. The van der Waals surface area contributed by atoms with Gasteiger partial charge in [0.25, 0.3) is 0 Å². The molecule has 1 heterocycles. The van der Waals surface area contributed by atoms with Crippen LogP contribution in [0.4, 0.5) is 5.95 Å². The van der Waals surface area contributed by atoms with Crippen molar-refractivity contribution in [2.75, 3.05) is 11.9 Å². The van der Waals surface area contributed by atoms with Gasteiger partial charge in [0.15, 0.2) is 0 Å². The predicted octanol–water partition coefficient (Wildman–Crippen LogP) is 3.59. The fraction of sp³-hybridized carbons (Fsp3) is 0.417. The van der Waals surface area contributed by atoms with Crippen molar-refractivity contribution >= 4 is 29.4 Å². The molecule has 0 saturated heterocycles. The summed E-state index contributed by atoms with van der Waals surface area (Å²) in [7, 11) is 0. The number of H-pyrrole nitrogens is 1. The summed E-state index contributed by atoms with van der Waals surface area (Å²) in [5, 5.41) is 3.30. The number of nitrogens with one attached hydrogen (secondary N) is 2. The van der Waals surface area contributed by atoms with Gasteiger partial charge >= 0.3 is 0 Å². The minimum Gasteiger partial charge on any atom is -0.356 e. The maximum absolute atomic E-state index is 4.44. The highest BCUT2D eigenvalue weighted by Gasteiger charge is 1.99. The van der Waals surface area contributed by atoms with Crippen molar-refractivity contribution in [2.24, 2.45) is 0 Å². The lowest BCUT2D eigenvalue weighted by molar-refractivity contribution is 0.741. The molecule has 3 nitrogen and oxygen atoms in total. The van der Waals surface area contributed by atoms with Gasteiger partial charge in [0, 0.05) is 6.54 Å². The molecule has 0 aliphatic carbocycles. The van der Waals surface area contributed by atoms with Crippen LogP contribution in [0.5, 0.6) is 0 Å². The van der Waals surface area contributed by atoms with Crippen LogP contribution in [0, 0.1) is 0 Å². The Morgan fingerprint density at radius 2 is 2.06 bits per heavy atom. The SMILES string of the molecule is CCCCCNc1nc2ccccc2[nH]1.Cl. The van der Waals surface area contributed by atoms with E-state index < -0.39 is 0 Å².